The van der Waals surface area contributed by atoms with E-state index in [1.54, 1.807) is 6.20 Å². The van der Waals surface area contributed by atoms with Crippen molar-refractivity contribution >= 4 is 22.5 Å². The van der Waals surface area contributed by atoms with E-state index in [9.17, 15) is 4.79 Å². The number of fused-ring (bicyclic) bond motifs is 1. The summed E-state index contributed by atoms with van der Waals surface area (Å²) in [4.78, 5) is 18.0. The molecule has 1 amide bonds. The molecule has 0 saturated heterocycles. The third kappa shape index (κ3) is 3.94. The van der Waals surface area contributed by atoms with Gasteiger partial charge in [0.2, 0.25) is 5.91 Å². The lowest BCUT2D eigenvalue weighted by molar-refractivity contribution is -0.127. The van der Waals surface area contributed by atoms with Crippen molar-refractivity contribution in [2.75, 3.05) is 5.32 Å². The molecule has 1 N–H and O–H groups in total. The van der Waals surface area contributed by atoms with E-state index in [1.807, 2.05) is 30.3 Å². The number of nitrogens with one attached hydrogen (secondary N) is 1. The van der Waals surface area contributed by atoms with Crippen molar-refractivity contribution in [3.8, 4) is 0 Å². The molecule has 2 aromatic carbocycles. The normalized spacial score (nSPS) is 16.1. The zero-order chi connectivity index (χ0) is 19.6. The first-order valence-electron chi connectivity index (χ1n) is 10.3. The van der Waals surface area contributed by atoms with Crippen LogP contribution in [0.3, 0.4) is 0 Å². The van der Waals surface area contributed by atoms with E-state index < -0.39 is 0 Å². The van der Waals surface area contributed by atoms with Crippen molar-refractivity contribution in [3.05, 3.63) is 71.4 Å². The van der Waals surface area contributed by atoms with E-state index >= 15 is 0 Å². The third-order valence-electron chi connectivity index (χ3n) is 5.96. The number of hydrogen-bond donors (Lipinski definition) is 1. The van der Waals surface area contributed by atoms with Gasteiger partial charge in [0.15, 0.2) is 0 Å². The molecule has 1 fully saturated rings. The second kappa shape index (κ2) is 7.75. The van der Waals surface area contributed by atoms with Crippen molar-refractivity contribution in [2.24, 2.45) is 5.41 Å². The van der Waals surface area contributed by atoms with Gasteiger partial charge >= 0.3 is 0 Å². The Hall–Kier alpha value is -2.68. The summed E-state index contributed by atoms with van der Waals surface area (Å²) in [7, 11) is 0. The Morgan fingerprint density at radius 1 is 1.00 bits per heavy atom. The topological polar surface area (TPSA) is 42.0 Å². The minimum Gasteiger partial charge on any atom is -0.324 e. The Morgan fingerprint density at radius 3 is 2.46 bits per heavy atom. The summed E-state index contributed by atoms with van der Waals surface area (Å²) in [6, 6.07) is 16.7. The molecule has 0 aliphatic heterocycles. The number of hydrogen-bond acceptors (Lipinski definition) is 2. The number of pyridine rings is 1. The van der Waals surface area contributed by atoms with E-state index in [0.29, 0.717) is 0 Å². The second-order valence-electron chi connectivity index (χ2n) is 8.38. The van der Waals surface area contributed by atoms with Crippen LogP contribution in [0.25, 0.3) is 10.9 Å². The average molecular weight is 373 g/mol. The summed E-state index contributed by atoms with van der Waals surface area (Å²) in [5.41, 5.74) is 5.20. The molecule has 28 heavy (non-hydrogen) atoms. The first-order valence-corrected chi connectivity index (χ1v) is 10.3. The molecule has 0 atom stereocenters. The third-order valence-corrected chi connectivity index (χ3v) is 5.96. The van der Waals surface area contributed by atoms with Gasteiger partial charge in [-0.3, -0.25) is 9.78 Å². The molecule has 0 radical (unpaired) electrons. The smallest absolute Gasteiger partial charge is 0.230 e. The molecule has 3 nitrogen and oxygen atoms in total. The molecule has 3 aromatic rings. The Bertz CT molecular complexity index is 982. The Morgan fingerprint density at radius 2 is 1.71 bits per heavy atom. The molecule has 0 spiro atoms. The first-order chi connectivity index (χ1) is 13.5. The highest BCUT2D eigenvalue weighted by Gasteiger charge is 2.39. The van der Waals surface area contributed by atoms with Gasteiger partial charge in [0.1, 0.15) is 0 Å². The van der Waals surface area contributed by atoms with E-state index in [2.05, 4.69) is 42.3 Å². The van der Waals surface area contributed by atoms with Crippen LogP contribution in [0.15, 0.2) is 54.7 Å². The van der Waals surface area contributed by atoms with Crippen molar-refractivity contribution in [2.45, 2.75) is 52.4 Å². The fourth-order valence-corrected chi connectivity index (χ4v) is 4.68. The van der Waals surface area contributed by atoms with Gasteiger partial charge in [-0.25, -0.2) is 0 Å². The lowest BCUT2D eigenvalue weighted by atomic mass is 9.69. The fraction of sp³-hybridized carbons (Fsp3) is 0.360. The minimum atomic E-state index is -0.329. The maximum Gasteiger partial charge on any atom is 0.230 e. The van der Waals surface area contributed by atoms with Gasteiger partial charge in [0.25, 0.3) is 0 Å². The van der Waals surface area contributed by atoms with Crippen LogP contribution < -0.4 is 5.32 Å². The molecular weight excluding hydrogens is 344 g/mol. The monoisotopic (exact) mass is 372 g/mol. The fourth-order valence-electron chi connectivity index (χ4n) is 4.68. The maximum absolute atomic E-state index is 13.5. The minimum absolute atomic E-state index is 0.142. The summed E-state index contributed by atoms with van der Waals surface area (Å²) in [5, 5.41) is 4.24. The predicted molar refractivity (Wildman–Crippen MR) is 116 cm³/mol. The highest BCUT2D eigenvalue weighted by Crippen LogP contribution is 2.40. The van der Waals surface area contributed by atoms with Crippen LogP contribution in [0.2, 0.25) is 0 Å². The number of aryl methyl sites for hydroxylation is 2. The molecular formula is C25H28N2O. The van der Waals surface area contributed by atoms with E-state index in [1.165, 1.54) is 23.1 Å². The predicted octanol–water partition coefficient (Wildman–Crippen LogP) is 5.98. The molecule has 0 unspecified atom stereocenters. The van der Waals surface area contributed by atoms with Gasteiger partial charge < -0.3 is 5.32 Å². The molecule has 4 rings (SSSR count). The van der Waals surface area contributed by atoms with Crippen LogP contribution in [-0.2, 0) is 11.2 Å². The van der Waals surface area contributed by atoms with E-state index in [-0.39, 0.29) is 11.3 Å². The molecule has 1 aliphatic carbocycles. The molecule has 144 valence electrons. The van der Waals surface area contributed by atoms with Crippen LogP contribution in [0.5, 0.6) is 0 Å². The number of carbonyl (C=O) groups is 1. The molecule has 3 heteroatoms. The van der Waals surface area contributed by atoms with Crippen LogP contribution >= 0.6 is 0 Å². The Kier molecular flexibility index (Phi) is 5.17. The molecule has 0 bridgehead atoms. The number of anilines is 1. The summed E-state index contributed by atoms with van der Waals surface area (Å²) in [6.07, 6.45) is 7.94. The SMILES string of the molecule is Cc1cc(C)cc(CC2(C(=O)Nc3cnc4ccccc4c3)CCCCC2)c1. The summed E-state index contributed by atoms with van der Waals surface area (Å²) < 4.78 is 0. The van der Waals surface area contributed by atoms with Crippen molar-refractivity contribution in [1.29, 1.82) is 0 Å². The van der Waals surface area contributed by atoms with Crippen LogP contribution in [0, 0.1) is 19.3 Å². The molecule has 1 aliphatic rings. The van der Waals surface area contributed by atoms with Gasteiger partial charge in [-0.05, 0) is 50.8 Å². The molecule has 1 aromatic heterocycles. The zero-order valence-corrected chi connectivity index (χ0v) is 16.8. The van der Waals surface area contributed by atoms with Gasteiger partial charge in [-0.2, -0.15) is 0 Å². The second-order valence-corrected chi connectivity index (χ2v) is 8.38. The average Bonchev–Trinajstić information content (AvgIpc) is 2.68. The maximum atomic E-state index is 13.5. The summed E-state index contributed by atoms with van der Waals surface area (Å²) in [5.74, 6) is 0.142. The number of aromatic nitrogens is 1. The van der Waals surface area contributed by atoms with Crippen molar-refractivity contribution in [1.82, 2.24) is 4.98 Å². The standard InChI is InChI=1S/C25H28N2O/c1-18-12-19(2)14-20(13-18)16-25(10-6-3-7-11-25)24(28)27-22-15-21-8-4-5-9-23(21)26-17-22/h4-5,8-9,12-15,17H,3,6-7,10-11,16H2,1-2H3,(H,27,28). The lowest BCUT2D eigenvalue weighted by Crippen LogP contribution is -2.40. The highest BCUT2D eigenvalue weighted by atomic mass is 16.2. The van der Waals surface area contributed by atoms with Crippen LogP contribution in [0.1, 0.15) is 48.8 Å². The lowest BCUT2D eigenvalue weighted by Gasteiger charge is -2.36. The number of benzene rings is 2. The Balaban J connectivity index is 1.61. The van der Waals surface area contributed by atoms with Gasteiger partial charge in [-0.1, -0.05) is 66.8 Å². The van der Waals surface area contributed by atoms with Crippen molar-refractivity contribution in [3.63, 3.8) is 0 Å². The number of amides is 1. The number of para-hydroxylation sites is 1. The zero-order valence-electron chi connectivity index (χ0n) is 16.8. The van der Waals surface area contributed by atoms with Crippen LogP contribution in [0.4, 0.5) is 5.69 Å². The summed E-state index contributed by atoms with van der Waals surface area (Å²) >= 11 is 0. The number of rotatable bonds is 4. The van der Waals surface area contributed by atoms with Gasteiger partial charge in [0.05, 0.1) is 22.8 Å². The first kappa shape index (κ1) is 18.7. The van der Waals surface area contributed by atoms with Crippen LogP contribution in [-0.4, -0.2) is 10.9 Å². The van der Waals surface area contributed by atoms with E-state index in [0.717, 1.165) is 48.7 Å². The van der Waals surface area contributed by atoms with E-state index in [4.69, 9.17) is 0 Å². The number of nitrogens with zero attached hydrogens (tertiary/aromatic N) is 1. The quantitative estimate of drug-likeness (QED) is 0.612. The Labute approximate surface area is 167 Å². The largest absolute Gasteiger partial charge is 0.324 e. The number of carbonyl (C=O) groups excluding carboxylic acids is 1. The van der Waals surface area contributed by atoms with Gasteiger partial charge in [-0.15, -0.1) is 0 Å². The molecule has 1 saturated carbocycles. The highest BCUT2D eigenvalue weighted by molar-refractivity contribution is 5.97. The molecule has 1 heterocycles. The summed E-state index contributed by atoms with van der Waals surface area (Å²) in [6.45, 7) is 4.26. The van der Waals surface area contributed by atoms with Gasteiger partial charge in [0, 0.05) is 5.39 Å². The van der Waals surface area contributed by atoms with Crippen molar-refractivity contribution < 1.29 is 4.79 Å².